The number of ether oxygens (including phenoxy) is 1. The third-order valence-electron chi connectivity index (χ3n) is 1.90. The normalized spacial score (nSPS) is 10.6. The fourth-order valence-corrected chi connectivity index (χ4v) is 1.97. The lowest BCUT2D eigenvalue weighted by molar-refractivity contribution is 0.0938. The van der Waals surface area contributed by atoms with Gasteiger partial charge in [-0.15, -0.1) is 11.3 Å². The van der Waals surface area contributed by atoms with E-state index in [1.165, 1.54) is 11.3 Å². The molecule has 0 saturated heterocycles. The van der Waals surface area contributed by atoms with Gasteiger partial charge in [-0.2, -0.15) is 0 Å². The molecule has 0 fully saturated rings. The Hall–Kier alpha value is -0.950. The molecular formula is C10H16N2O3S. The number of primary amides is 1. The van der Waals surface area contributed by atoms with Crippen LogP contribution < -0.4 is 11.1 Å². The Balaban J connectivity index is 2.14. The Labute approximate surface area is 98.2 Å². The van der Waals surface area contributed by atoms with E-state index in [1.54, 1.807) is 11.4 Å². The lowest BCUT2D eigenvalue weighted by Crippen LogP contribution is -2.19. The zero-order valence-electron chi connectivity index (χ0n) is 8.94. The zero-order valence-corrected chi connectivity index (χ0v) is 9.76. The van der Waals surface area contributed by atoms with E-state index in [9.17, 15) is 4.79 Å². The van der Waals surface area contributed by atoms with Crippen LogP contribution in [0.5, 0.6) is 0 Å². The van der Waals surface area contributed by atoms with Crippen molar-refractivity contribution in [1.29, 1.82) is 0 Å². The first-order valence-electron chi connectivity index (χ1n) is 5.00. The number of hydrogen-bond donors (Lipinski definition) is 3. The van der Waals surface area contributed by atoms with Crippen molar-refractivity contribution in [3.8, 4) is 0 Å². The van der Waals surface area contributed by atoms with Crippen LogP contribution >= 0.6 is 11.3 Å². The minimum Gasteiger partial charge on any atom is -0.394 e. The molecule has 0 bridgehead atoms. The van der Waals surface area contributed by atoms with Crippen molar-refractivity contribution in [2.75, 3.05) is 26.4 Å². The van der Waals surface area contributed by atoms with E-state index in [2.05, 4.69) is 5.32 Å². The number of carbonyl (C=O) groups excluding carboxylic acids is 1. The molecule has 1 aromatic rings. The summed E-state index contributed by atoms with van der Waals surface area (Å²) in [6, 6.07) is 1.79. The summed E-state index contributed by atoms with van der Waals surface area (Å²) in [6.45, 7) is 2.39. The molecule has 0 saturated carbocycles. The van der Waals surface area contributed by atoms with Crippen LogP contribution in [0.1, 0.15) is 15.2 Å². The SMILES string of the molecule is NC(=O)c1csc(CNCCOCCO)c1. The number of aliphatic hydroxyl groups excluding tert-OH is 1. The summed E-state index contributed by atoms with van der Waals surface area (Å²) in [5, 5.41) is 13.4. The second kappa shape index (κ2) is 7.34. The van der Waals surface area contributed by atoms with Crippen LogP contribution in [0.25, 0.3) is 0 Å². The molecule has 5 nitrogen and oxygen atoms in total. The molecule has 0 aromatic carbocycles. The standard InChI is InChI=1S/C10H16N2O3S/c11-10(14)8-5-9(16-7-8)6-12-1-3-15-4-2-13/h5,7,12-13H,1-4,6H2,(H2,11,14). The predicted molar refractivity (Wildman–Crippen MR) is 62.4 cm³/mol. The molecule has 90 valence electrons. The van der Waals surface area contributed by atoms with Crippen molar-refractivity contribution in [3.63, 3.8) is 0 Å². The second-order valence-electron chi connectivity index (χ2n) is 3.18. The van der Waals surface area contributed by atoms with Crippen LogP contribution in [0.2, 0.25) is 0 Å². The maximum Gasteiger partial charge on any atom is 0.249 e. The summed E-state index contributed by atoms with van der Waals surface area (Å²) >= 11 is 1.50. The lowest BCUT2D eigenvalue weighted by atomic mass is 10.3. The van der Waals surface area contributed by atoms with Crippen molar-refractivity contribution in [3.05, 3.63) is 21.9 Å². The quantitative estimate of drug-likeness (QED) is 0.560. The van der Waals surface area contributed by atoms with Crippen molar-refractivity contribution >= 4 is 17.2 Å². The lowest BCUT2D eigenvalue weighted by Gasteiger charge is -2.03. The summed E-state index contributed by atoms with van der Waals surface area (Å²) in [5.74, 6) is -0.395. The second-order valence-corrected chi connectivity index (χ2v) is 4.17. The summed E-state index contributed by atoms with van der Waals surface area (Å²) in [7, 11) is 0. The van der Waals surface area contributed by atoms with E-state index in [-0.39, 0.29) is 6.61 Å². The Morgan fingerprint density at radius 1 is 1.56 bits per heavy atom. The molecule has 1 amide bonds. The van der Waals surface area contributed by atoms with Crippen LogP contribution in [-0.2, 0) is 11.3 Å². The third kappa shape index (κ3) is 4.71. The molecule has 0 aliphatic rings. The Morgan fingerprint density at radius 3 is 3.00 bits per heavy atom. The first-order chi connectivity index (χ1) is 7.74. The van der Waals surface area contributed by atoms with E-state index in [0.717, 1.165) is 4.88 Å². The molecule has 0 radical (unpaired) electrons. The van der Waals surface area contributed by atoms with E-state index in [0.29, 0.717) is 31.9 Å². The highest BCUT2D eigenvalue weighted by Gasteiger charge is 2.03. The van der Waals surface area contributed by atoms with Gasteiger partial charge in [-0.25, -0.2) is 0 Å². The molecule has 0 spiro atoms. The van der Waals surface area contributed by atoms with Crippen molar-refractivity contribution in [1.82, 2.24) is 5.32 Å². The number of aliphatic hydroxyl groups is 1. The number of nitrogens with two attached hydrogens (primary N) is 1. The average Bonchev–Trinajstić information content (AvgIpc) is 2.72. The molecule has 6 heteroatoms. The highest BCUT2D eigenvalue weighted by atomic mass is 32.1. The fourth-order valence-electron chi connectivity index (χ4n) is 1.13. The number of thiophene rings is 1. The predicted octanol–water partition coefficient (Wildman–Crippen LogP) is -0.0545. The van der Waals surface area contributed by atoms with E-state index >= 15 is 0 Å². The van der Waals surface area contributed by atoms with E-state index < -0.39 is 5.91 Å². The zero-order chi connectivity index (χ0) is 11.8. The largest absolute Gasteiger partial charge is 0.394 e. The third-order valence-corrected chi connectivity index (χ3v) is 2.83. The van der Waals surface area contributed by atoms with Gasteiger partial charge in [0.15, 0.2) is 0 Å². The van der Waals surface area contributed by atoms with E-state index in [4.69, 9.17) is 15.6 Å². The van der Waals surface area contributed by atoms with Gasteiger partial charge in [-0.05, 0) is 6.07 Å². The van der Waals surface area contributed by atoms with Crippen LogP contribution in [0.15, 0.2) is 11.4 Å². The van der Waals surface area contributed by atoms with E-state index in [1.807, 2.05) is 0 Å². The van der Waals surface area contributed by atoms with Gasteiger partial charge >= 0.3 is 0 Å². The monoisotopic (exact) mass is 244 g/mol. The highest BCUT2D eigenvalue weighted by molar-refractivity contribution is 7.10. The molecule has 0 atom stereocenters. The van der Waals surface area contributed by atoms with Gasteiger partial charge in [0.25, 0.3) is 0 Å². The van der Waals surface area contributed by atoms with Crippen molar-refractivity contribution in [2.45, 2.75) is 6.54 Å². The molecule has 4 N–H and O–H groups in total. The average molecular weight is 244 g/mol. The summed E-state index contributed by atoms with van der Waals surface area (Å²) in [6.07, 6.45) is 0. The fraction of sp³-hybridized carbons (Fsp3) is 0.500. The first-order valence-corrected chi connectivity index (χ1v) is 5.88. The Morgan fingerprint density at radius 2 is 2.38 bits per heavy atom. The molecule has 16 heavy (non-hydrogen) atoms. The van der Waals surface area contributed by atoms with Gasteiger partial charge < -0.3 is 20.9 Å². The Kier molecular flexibility index (Phi) is 6.02. The molecule has 0 aliphatic carbocycles. The number of amides is 1. The van der Waals surface area contributed by atoms with Gasteiger partial charge in [0.2, 0.25) is 5.91 Å². The van der Waals surface area contributed by atoms with Gasteiger partial charge in [-0.3, -0.25) is 4.79 Å². The first kappa shape index (κ1) is 13.1. The maximum absolute atomic E-state index is 10.8. The molecule has 0 unspecified atom stereocenters. The number of nitrogens with one attached hydrogen (secondary N) is 1. The molecule has 1 heterocycles. The smallest absolute Gasteiger partial charge is 0.249 e. The Bertz CT molecular complexity index is 328. The topological polar surface area (TPSA) is 84.6 Å². The van der Waals surface area contributed by atoms with Gasteiger partial charge in [0.1, 0.15) is 0 Å². The van der Waals surface area contributed by atoms with Crippen LogP contribution in [0, 0.1) is 0 Å². The minimum atomic E-state index is -0.395. The summed E-state index contributed by atoms with van der Waals surface area (Å²) in [5.41, 5.74) is 5.69. The highest BCUT2D eigenvalue weighted by Crippen LogP contribution is 2.13. The van der Waals surface area contributed by atoms with Gasteiger partial charge in [0, 0.05) is 23.3 Å². The van der Waals surface area contributed by atoms with Crippen LogP contribution in [0.3, 0.4) is 0 Å². The molecule has 1 aromatic heterocycles. The van der Waals surface area contributed by atoms with Crippen LogP contribution in [0.4, 0.5) is 0 Å². The van der Waals surface area contributed by atoms with Gasteiger partial charge in [0.05, 0.1) is 25.4 Å². The molecule has 0 aliphatic heterocycles. The maximum atomic E-state index is 10.8. The molecule has 1 rings (SSSR count). The number of carbonyl (C=O) groups is 1. The number of hydrogen-bond acceptors (Lipinski definition) is 5. The van der Waals surface area contributed by atoms with Crippen LogP contribution in [-0.4, -0.2) is 37.4 Å². The van der Waals surface area contributed by atoms with Gasteiger partial charge in [-0.1, -0.05) is 0 Å². The van der Waals surface area contributed by atoms with Crippen molar-refractivity contribution in [2.24, 2.45) is 5.73 Å². The van der Waals surface area contributed by atoms with Crippen molar-refractivity contribution < 1.29 is 14.6 Å². The molecular weight excluding hydrogens is 228 g/mol. The summed E-state index contributed by atoms with van der Waals surface area (Å²) < 4.78 is 5.08. The summed E-state index contributed by atoms with van der Waals surface area (Å²) in [4.78, 5) is 11.9. The number of rotatable bonds is 8. The minimum absolute atomic E-state index is 0.0485.